The number of aliphatic hydroxyl groups excluding tert-OH is 3. The van der Waals surface area contributed by atoms with Crippen LogP contribution >= 0.6 is 12.2 Å². The number of aromatic amines is 2. The first kappa shape index (κ1) is 13.4. The highest BCUT2D eigenvalue weighted by Crippen LogP contribution is 2.30. The third-order valence-electron chi connectivity index (χ3n) is 3.26. The molecule has 2 aromatic rings. The van der Waals surface area contributed by atoms with E-state index in [-0.39, 0.29) is 15.9 Å². The summed E-state index contributed by atoms with van der Waals surface area (Å²) < 4.78 is 6.78. The fourth-order valence-electron chi connectivity index (χ4n) is 2.28. The molecule has 3 rings (SSSR count). The van der Waals surface area contributed by atoms with Crippen molar-refractivity contribution >= 4 is 23.4 Å². The summed E-state index contributed by atoms with van der Waals surface area (Å²) in [6, 6.07) is 0. The number of imidazole rings is 1. The molecule has 1 aliphatic heterocycles. The highest BCUT2D eigenvalue weighted by atomic mass is 32.1. The fraction of sp³-hybridized carbons (Fsp3) is 0.500. The van der Waals surface area contributed by atoms with Crippen molar-refractivity contribution in [3.05, 3.63) is 21.5 Å². The molecular weight excluding hydrogens is 288 g/mol. The van der Waals surface area contributed by atoms with Crippen LogP contribution in [0.4, 0.5) is 0 Å². The number of hydrogen-bond acceptors (Lipinski definition) is 7. The van der Waals surface area contributed by atoms with Crippen molar-refractivity contribution in [3.8, 4) is 0 Å². The van der Waals surface area contributed by atoms with Crippen LogP contribution in [-0.4, -0.2) is 59.8 Å². The lowest BCUT2D eigenvalue weighted by Gasteiger charge is -2.16. The lowest BCUT2D eigenvalue weighted by molar-refractivity contribution is -0.0509. The lowest BCUT2D eigenvalue weighted by atomic mass is 10.1. The number of rotatable bonds is 2. The van der Waals surface area contributed by atoms with Gasteiger partial charge in [0.05, 0.1) is 12.9 Å². The first-order valence-corrected chi connectivity index (χ1v) is 6.25. The number of nitrogens with one attached hydrogen (secondary N) is 2. The van der Waals surface area contributed by atoms with Gasteiger partial charge in [0.1, 0.15) is 18.3 Å². The number of aromatic nitrogens is 4. The Bertz CT molecular complexity index is 752. The van der Waals surface area contributed by atoms with Crippen LogP contribution in [-0.2, 0) is 4.74 Å². The van der Waals surface area contributed by atoms with Crippen LogP contribution in [0.2, 0.25) is 0 Å². The van der Waals surface area contributed by atoms with Gasteiger partial charge in [0, 0.05) is 0 Å². The molecule has 9 nitrogen and oxygen atoms in total. The maximum atomic E-state index is 11.9. The molecular formula is C10H12N4O5S. The Morgan fingerprint density at radius 3 is 2.80 bits per heavy atom. The third kappa shape index (κ3) is 1.89. The second-order valence-corrected chi connectivity index (χ2v) is 4.89. The van der Waals surface area contributed by atoms with Gasteiger partial charge in [0.2, 0.25) is 0 Å². The molecule has 1 fully saturated rings. The first-order chi connectivity index (χ1) is 9.52. The van der Waals surface area contributed by atoms with Gasteiger partial charge in [-0.25, -0.2) is 4.98 Å². The van der Waals surface area contributed by atoms with E-state index in [2.05, 4.69) is 15.0 Å². The summed E-state index contributed by atoms with van der Waals surface area (Å²) in [5.74, 6) is 0. The van der Waals surface area contributed by atoms with Crippen molar-refractivity contribution in [2.45, 2.75) is 24.5 Å². The molecule has 0 bridgehead atoms. The largest absolute Gasteiger partial charge is 0.394 e. The van der Waals surface area contributed by atoms with Crippen molar-refractivity contribution < 1.29 is 20.1 Å². The molecule has 10 heteroatoms. The summed E-state index contributed by atoms with van der Waals surface area (Å²) >= 11 is 4.84. The second kappa shape index (κ2) is 4.75. The second-order valence-electron chi connectivity index (χ2n) is 4.49. The van der Waals surface area contributed by atoms with E-state index in [1.54, 1.807) is 0 Å². The van der Waals surface area contributed by atoms with E-state index in [4.69, 9.17) is 22.1 Å². The van der Waals surface area contributed by atoms with Gasteiger partial charge in [-0.05, 0) is 12.2 Å². The summed E-state index contributed by atoms with van der Waals surface area (Å²) in [6.07, 6.45) is -3.17. The van der Waals surface area contributed by atoms with Crippen LogP contribution in [0.25, 0.3) is 11.2 Å². The van der Waals surface area contributed by atoms with E-state index in [1.165, 1.54) is 10.9 Å². The van der Waals surface area contributed by atoms with E-state index >= 15 is 0 Å². The smallest absolute Gasteiger partial charge is 0.278 e. The maximum absolute atomic E-state index is 11.9. The molecule has 5 N–H and O–H groups in total. The molecule has 0 radical (unpaired) electrons. The van der Waals surface area contributed by atoms with Crippen molar-refractivity contribution in [1.82, 2.24) is 19.5 Å². The molecule has 4 atom stereocenters. The van der Waals surface area contributed by atoms with Gasteiger partial charge in [-0.1, -0.05) is 0 Å². The molecule has 1 saturated heterocycles. The minimum absolute atomic E-state index is 0.133. The predicted molar refractivity (Wildman–Crippen MR) is 68.5 cm³/mol. The number of nitrogens with zero attached hydrogens (tertiary/aromatic N) is 2. The standard InChI is InChI=1S/C10H12N4O5S/c15-1-3-5(16)6(17)9(19-3)14-2-11-7-4(14)8(18)13-10(20)12-7/h2-3,5-6,9,15-17H,1H2,(H2,12,13,18,20). The molecule has 0 saturated carbocycles. The minimum Gasteiger partial charge on any atom is -0.394 e. The van der Waals surface area contributed by atoms with Crippen LogP contribution in [0.3, 0.4) is 0 Å². The van der Waals surface area contributed by atoms with Crippen LogP contribution in [0.15, 0.2) is 11.1 Å². The minimum atomic E-state index is -1.29. The first-order valence-electron chi connectivity index (χ1n) is 5.84. The fourth-order valence-corrected chi connectivity index (χ4v) is 2.47. The number of aliphatic hydroxyl groups is 3. The molecule has 108 valence electrons. The van der Waals surface area contributed by atoms with Crippen molar-refractivity contribution in [3.63, 3.8) is 0 Å². The zero-order valence-corrected chi connectivity index (χ0v) is 10.9. The molecule has 4 unspecified atom stereocenters. The Morgan fingerprint density at radius 1 is 1.40 bits per heavy atom. The number of hydrogen-bond donors (Lipinski definition) is 5. The van der Waals surface area contributed by atoms with Crippen molar-refractivity contribution in [1.29, 1.82) is 0 Å². The van der Waals surface area contributed by atoms with Gasteiger partial charge in [-0.15, -0.1) is 0 Å². The maximum Gasteiger partial charge on any atom is 0.278 e. The van der Waals surface area contributed by atoms with E-state index in [0.29, 0.717) is 0 Å². The third-order valence-corrected chi connectivity index (χ3v) is 3.46. The average molecular weight is 300 g/mol. The van der Waals surface area contributed by atoms with Crippen LogP contribution < -0.4 is 5.56 Å². The molecule has 0 spiro atoms. The molecule has 3 heterocycles. The summed E-state index contributed by atoms with van der Waals surface area (Å²) in [6.45, 7) is -0.444. The van der Waals surface area contributed by atoms with Crippen LogP contribution in [0.1, 0.15) is 6.23 Å². The van der Waals surface area contributed by atoms with E-state index in [0.717, 1.165) is 0 Å². The predicted octanol–water partition coefficient (Wildman–Crippen LogP) is -1.61. The highest BCUT2D eigenvalue weighted by molar-refractivity contribution is 7.71. The number of fused-ring (bicyclic) bond motifs is 1. The van der Waals surface area contributed by atoms with Gasteiger partial charge >= 0.3 is 0 Å². The normalized spacial score (nSPS) is 30.1. The van der Waals surface area contributed by atoms with Gasteiger partial charge in [-0.3, -0.25) is 14.3 Å². The highest BCUT2D eigenvalue weighted by Gasteiger charge is 2.43. The van der Waals surface area contributed by atoms with Gasteiger partial charge in [-0.2, -0.15) is 0 Å². The van der Waals surface area contributed by atoms with E-state index in [1.807, 2.05) is 0 Å². The summed E-state index contributed by atoms with van der Waals surface area (Å²) in [4.78, 5) is 21.0. The molecule has 2 aromatic heterocycles. The summed E-state index contributed by atoms with van der Waals surface area (Å²) in [5.41, 5.74) is -0.107. The van der Waals surface area contributed by atoms with Gasteiger partial charge in [0.25, 0.3) is 5.56 Å². The molecule has 0 aromatic carbocycles. The van der Waals surface area contributed by atoms with Crippen molar-refractivity contribution in [2.75, 3.05) is 6.61 Å². The molecule has 0 amide bonds. The topological polar surface area (TPSA) is 136 Å². The Labute approximate surface area is 116 Å². The quantitative estimate of drug-likeness (QED) is 0.421. The molecule has 1 aliphatic rings. The lowest BCUT2D eigenvalue weighted by Crippen LogP contribution is -2.33. The summed E-state index contributed by atoms with van der Waals surface area (Å²) in [7, 11) is 0. The van der Waals surface area contributed by atoms with E-state index in [9.17, 15) is 15.0 Å². The Kier molecular flexibility index (Phi) is 3.18. The zero-order valence-electron chi connectivity index (χ0n) is 10.1. The van der Waals surface area contributed by atoms with Gasteiger partial charge < -0.3 is 25.0 Å². The Balaban J connectivity index is 2.12. The number of H-pyrrole nitrogens is 2. The molecule has 0 aliphatic carbocycles. The molecule has 20 heavy (non-hydrogen) atoms. The Morgan fingerprint density at radius 2 is 2.15 bits per heavy atom. The number of ether oxygens (including phenoxy) is 1. The van der Waals surface area contributed by atoms with E-state index < -0.39 is 36.7 Å². The monoisotopic (exact) mass is 300 g/mol. The average Bonchev–Trinajstić information content (AvgIpc) is 2.93. The zero-order chi connectivity index (χ0) is 14.4. The van der Waals surface area contributed by atoms with Crippen molar-refractivity contribution in [2.24, 2.45) is 0 Å². The summed E-state index contributed by atoms with van der Waals surface area (Å²) in [5, 5.41) is 28.8. The Hall–Kier alpha value is -1.59. The van der Waals surface area contributed by atoms with Gasteiger partial charge in [0.15, 0.2) is 22.2 Å². The van der Waals surface area contributed by atoms with Crippen LogP contribution in [0, 0.1) is 4.77 Å². The van der Waals surface area contributed by atoms with Crippen LogP contribution in [0.5, 0.6) is 0 Å². The SMILES string of the molecule is O=c1[nH]c(=S)[nH]c2ncn(C3OC(CO)C(O)C3O)c12.